The Balaban J connectivity index is 1.82. The Labute approximate surface area is 119 Å². The van der Waals surface area contributed by atoms with Gasteiger partial charge in [-0.15, -0.1) is 0 Å². The zero-order chi connectivity index (χ0) is 14.1. The predicted octanol–water partition coefficient (Wildman–Crippen LogP) is 1.52. The minimum absolute atomic E-state index is 0.147. The fourth-order valence-electron chi connectivity index (χ4n) is 2.45. The van der Waals surface area contributed by atoms with Crippen LogP contribution in [0.25, 0.3) is 0 Å². The SMILES string of the molecule is O=c1[nH]c(=S)[nH]c2c1CN(Cc1cncc(F)c1)CC2. The van der Waals surface area contributed by atoms with Crippen molar-refractivity contribution in [2.75, 3.05) is 6.54 Å². The fourth-order valence-corrected chi connectivity index (χ4v) is 2.66. The van der Waals surface area contributed by atoms with E-state index >= 15 is 0 Å². The molecule has 7 heteroatoms. The minimum Gasteiger partial charge on any atom is -0.335 e. The Morgan fingerprint density at radius 2 is 2.25 bits per heavy atom. The normalized spacial score (nSPS) is 15.1. The minimum atomic E-state index is -0.346. The molecule has 20 heavy (non-hydrogen) atoms. The van der Waals surface area contributed by atoms with Crippen LogP contribution < -0.4 is 5.56 Å². The second-order valence-corrected chi connectivity index (χ2v) is 5.25. The van der Waals surface area contributed by atoms with Crippen molar-refractivity contribution in [3.05, 3.63) is 56.2 Å². The molecule has 0 spiro atoms. The third-order valence-corrected chi connectivity index (χ3v) is 3.56. The summed E-state index contributed by atoms with van der Waals surface area (Å²) >= 11 is 4.96. The molecule has 0 aromatic carbocycles. The van der Waals surface area contributed by atoms with E-state index in [2.05, 4.69) is 19.9 Å². The average Bonchev–Trinajstić information content (AvgIpc) is 2.39. The third-order valence-electron chi connectivity index (χ3n) is 3.36. The maximum Gasteiger partial charge on any atom is 0.256 e. The predicted molar refractivity (Wildman–Crippen MR) is 74.3 cm³/mol. The van der Waals surface area contributed by atoms with Gasteiger partial charge in [-0.05, 0) is 23.8 Å². The maximum atomic E-state index is 13.1. The summed E-state index contributed by atoms with van der Waals surface area (Å²) in [6, 6.07) is 1.46. The first kappa shape index (κ1) is 13.1. The smallest absolute Gasteiger partial charge is 0.256 e. The molecule has 0 unspecified atom stereocenters. The van der Waals surface area contributed by atoms with Crippen molar-refractivity contribution >= 4 is 12.2 Å². The van der Waals surface area contributed by atoms with Crippen molar-refractivity contribution in [2.45, 2.75) is 19.5 Å². The maximum absolute atomic E-state index is 13.1. The standard InChI is InChI=1S/C13H13FN4OS/c14-9-3-8(4-15-5-9)6-18-2-1-11-10(7-18)12(19)17-13(20)16-11/h3-5H,1-2,6-7H2,(H2,16,17,19,20). The zero-order valence-corrected chi connectivity index (χ0v) is 11.5. The molecule has 3 heterocycles. The Bertz CT molecular complexity index is 755. The molecule has 0 saturated heterocycles. The van der Waals surface area contributed by atoms with Gasteiger partial charge >= 0.3 is 0 Å². The molecule has 2 N–H and O–H groups in total. The van der Waals surface area contributed by atoms with Gasteiger partial charge in [-0.1, -0.05) is 0 Å². The van der Waals surface area contributed by atoms with Gasteiger partial charge in [0.15, 0.2) is 4.77 Å². The average molecular weight is 292 g/mol. The van der Waals surface area contributed by atoms with Gasteiger partial charge in [-0.3, -0.25) is 19.7 Å². The van der Waals surface area contributed by atoms with E-state index in [0.29, 0.717) is 23.4 Å². The number of nitrogens with zero attached hydrogens (tertiary/aromatic N) is 2. The molecule has 2 aromatic heterocycles. The van der Waals surface area contributed by atoms with Gasteiger partial charge in [0.25, 0.3) is 5.56 Å². The number of aromatic amines is 2. The highest BCUT2D eigenvalue weighted by atomic mass is 32.1. The number of H-pyrrole nitrogens is 2. The first-order chi connectivity index (χ1) is 9.61. The van der Waals surface area contributed by atoms with Crippen LogP contribution >= 0.6 is 12.2 Å². The van der Waals surface area contributed by atoms with Crippen molar-refractivity contribution in [2.24, 2.45) is 0 Å². The van der Waals surface area contributed by atoms with Gasteiger partial charge in [-0.2, -0.15) is 0 Å². The first-order valence-corrected chi connectivity index (χ1v) is 6.69. The Kier molecular flexibility index (Phi) is 3.45. The summed E-state index contributed by atoms with van der Waals surface area (Å²) in [6.45, 7) is 1.88. The molecule has 1 aliphatic rings. The van der Waals surface area contributed by atoms with Crippen molar-refractivity contribution in [3.63, 3.8) is 0 Å². The van der Waals surface area contributed by atoms with Crippen LogP contribution in [0.4, 0.5) is 4.39 Å². The Hall–Kier alpha value is -1.86. The van der Waals surface area contributed by atoms with E-state index in [1.165, 1.54) is 12.3 Å². The molecule has 0 radical (unpaired) electrons. The number of pyridine rings is 1. The summed E-state index contributed by atoms with van der Waals surface area (Å²) in [5.41, 5.74) is 2.25. The number of hydrogen-bond donors (Lipinski definition) is 2. The van der Waals surface area contributed by atoms with E-state index in [0.717, 1.165) is 24.2 Å². The van der Waals surface area contributed by atoms with E-state index in [1.807, 2.05) is 0 Å². The molecule has 3 rings (SSSR count). The molecule has 0 aliphatic carbocycles. The van der Waals surface area contributed by atoms with Crippen LogP contribution in [0.3, 0.4) is 0 Å². The highest BCUT2D eigenvalue weighted by molar-refractivity contribution is 7.71. The lowest BCUT2D eigenvalue weighted by Gasteiger charge is -2.27. The van der Waals surface area contributed by atoms with E-state index in [-0.39, 0.29) is 11.4 Å². The second kappa shape index (κ2) is 5.26. The first-order valence-electron chi connectivity index (χ1n) is 6.28. The monoisotopic (exact) mass is 292 g/mol. The van der Waals surface area contributed by atoms with E-state index in [9.17, 15) is 9.18 Å². The molecule has 0 saturated carbocycles. The summed E-state index contributed by atoms with van der Waals surface area (Å²) in [6.07, 6.45) is 3.55. The van der Waals surface area contributed by atoms with E-state index in [1.54, 1.807) is 6.20 Å². The lowest BCUT2D eigenvalue weighted by atomic mass is 10.1. The van der Waals surface area contributed by atoms with Gasteiger partial charge in [0, 0.05) is 37.9 Å². The molecule has 0 fully saturated rings. The fraction of sp³-hybridized carbons (Fsp3) is 0.308. The number of rotatable bonds is 2. The molecule has 0 bridgehead atoms. The van der Waals surface area contributed by atoms with Crippen molar-refractivity contribution in [1.82, 2.24) is 19.9 Å². The van der Waals surface area contributed by atoms with Crippen LogP contribution in [-0.2, 0) is 19.5 Å². The van der Waals surface area contributed by atoms with Crippen LogP contribution in [0.1, 0.15) is 16.8 Å². The number of nitrogens with one attached hydrogen (secondary N) is 2. The zero-order valence-electron chi connectivity index (χ0n) is 10.6. The third kappa shape index (κ3) is 2.68. The van der Waals surface area contributed by atoms with Gasteiger partial charge in [-0.25, -0.2) is 4.39 Å². The van der Waals surface area contributed by atoms with Crippen molar-refractivity contribution < 1.29 is 4.39 Å². The van der Waals surface area contributed by atoms with Crippen LogP contribution in [0, 0.1) is 10.6 Å². The highest BCUT2D eigenvalue weighted by Crippen LogP contribution is 2.15. The van der Waals surface area contributed by atoms with Gasteiger partial charge in [0.05, 0.1) is 11.8 Å². The van der Waals surface area contributed by atoms with Gasteiger partial charge in [0.1, 0.15) is 5.82 Å². The molecule has 1 aliphatic heterocycles. The quantitative estimate of drug-likeness (QED) is 0.824. The molecule has 0 atom stereocenters. The van der Waals surface area contributed by atoms with Crippen LogP contribution in [0.5, 0.6) is 0 Å². The lowest BCUT2D eigenvalue weighted by Crippen LogP contribution is -2.35. The Morgan fingerprint density at radius 1 is 1.40 bits per heavy atom. The number of halogens is 1. The van der Waals surface area contributed by atoms with Crippen LogP contribution in [0.15, 0.2) is 23.3 Å². The van der Waals surface area contributed by atoms with Crippen molar-refractivity contribution in [1.29, 1.82) is 0 Å². The lowest BCUT2D eigenvalue weighted by molar-refractivity contribution is 0.241. The summed E-state index contributed by atoms with van der Waals surface area (Å²) in [5, 5.41) is 0. The largest absolute Gasteiger partial charge is 0.335 e. The highest BCUT2D eigenvalue weighted by Gasteiger charge is 2.19. The molecular weight excluding hydrogens is 279 g/mol. The summed E-state index contributed by atoms with van der Waals surface area (Å²) in [4.78, 5) is 23.4. The molecule has 2 aromatic rings. The molecule has 104 valence electrons. The summed E-state index contributed by atoms with van der Waals surface area (Å²) in [7, 11) is 0. The van der Waals surface area contributed by atoms with E-state index in [4.69, 9.17) is 12.2 Å². The molecular formula is C13H13FN4OS. The van der Waals surface area contributed by atoms with Crippen LogP contribution in [-0.4, -0.2) is 26.4 Å². The molecule has 5 nitrogen and oxygen atoms in total. The number of aromatic nitrogens is 3. The summed E-state index contributed by atoms with van der Waals surface area (Å²) < 4.78 is 13.5. The van der Waals surface area contributed by atoms with Crippen LogP contribution in [0.2, 0.25) is 0 Å². The van der Waals surface area contributed by atoms with E-state index < -0.39 is 0 Å². The number of hydrogen-bond acceptors (Lipinski definition) is 4. The summed E-state index contributed by atoms with van der Waals surface area (Å²) in [5.74, 6) is -0.346. The topological polar surface area (TPSA) is 64.8 Å². The van der Waals surface area contributed by atoms with Gasteiger partial charge in [0.2, 0.25) is 0 Å². The Morgan fingerprint density at radius 3 is 3.05 bits per heavy atom. The second-order valence-electron chi connectivity index (χ2n) is 4.84. The van der Waals surface area contributed by atoms with Crippen molar-refractivity contribution in [3.8, 4) is 0 Å². The number of fused-ring (bicyclic) bond motifs is 1. The molecule has 0 amide bonds. The van der Waals surface area contributed by atoms with Gasteiger partial charge < -0.3 is 4.98 Å².